The Balaban J connectivity index is 1.80. The van der Waals surface area contributed by atoms with Crippen LogP contribution in [0.15, 0.2) is 66.7 Å². The molecule has 2 aromatic carbocycles. The lowest BCUT2D eigenvalue weighted by molar-refractivity contribution is 1.41. The molecule has 3 rings (SSSR count). The van der Waals surface area contributed by atoms with Gasteiger partial charge in [-0.2, -0.15) is 0 Å². The Labute approximate surface area is 121 Å². The quantitative estimate of drug-likeness (QED) is 0.660. The van der Waals surface area contributed by atoms with Gasteiger partial charge in [0.1, 0.15) is 0 Å². The number of halogens is 1. The van der Waals surface area contributed by atoms with Crippen LogP contribution >= 0.6 is 22.6 Å². The smallest absolute Gasteiger partial charge is 0.0130 e. The van der Waals surface area contributed by atoms with Crippen LogP contribution in [0.1, 0.15) is 17.5 Å². The third-order valence-electron chi connectivity index (χ3n) is 3.23. The number of hydrogen-bond acceptors (Lipinski definition) is 0. The van der Waals surface area contributed by atoms with Crippen LogP contribution in [0.3, 0.4) is 0 Å². The van der Waals surface area contributed by atoms with Crippen molar-refractivity contribution in [2.75, 3.05) is 0 Å². The third kappa shape index (κ3) is 2.41. The van der Waals surface area contributed by atoms with Gasteiger partial charge in [-0.1, -0.05) is 54.6 Å². The second kappa shape index (κ2) is 5.11. The molecule has 2 aromatic rings. The predicted octanol–water partition coefficient (Wildman–Crippen LogP) is 5.16. The maximum absolute atomic E-state index is 2.34. The zero-order valence-corrected chi connectivity index (χ0v) is 12.1. The molecule has 0 nitrogen and oxygen atoms in total. The lowest BCUT2D eigenvalue weighted by atomic mass is 9.99. The fraction of sp³-hybridized carbons (Fsp3) is 0.0588. The van der Waals surface area contributed by atoms with Crippen LogP contribution in [0, 0.1) is 3.57 Å². The summed E-state index contributed by atoms with van der Waals surface area (Å²) in [6.07, 6.45) is 5.51. The van der Waals surface area contributed by atoms with Crippen molar-refractivity contribution < 1.29 is 0 Å². The Bertz CT molecular complexity index is 604. The molecule has 0 aromatic heterocycles. The molecule has 0 spiro atoms. The molecular weight excluding hydrogens is 331 g/mol. The van der Waals surface area contributed by atoms with Gasteiger partial charge in [-0.3, -0.25) is 0 Å². The molecule has 0 atom stereocenters. The molecule has 0 bridgehead atoms. The van der Waals surface area contributed by atoms with Crippen LogP contribution in [0.2, 0.25) is 0 Å². The van der Waals surface area contributed by atoms with Gasteiger partial charge in [0, 0.05) is 3.57 Å². The van der Waals surface area contributed by atoms with Gasteiger partial charge in [0.2, 0.25) is 0 Å². The summed E-state index contributed by atoms with van der Waals surface area (Å²) >= 11 is 2.34. The molecule has 0 N–H and O–H groups in total. The summed E-state index contributed by atoms with van der Waals surface area (Å²) in [5, 5.41) is 0. The molecule has 0 amide bonds. The Morgan fingerprint density at radius 1 is 0.667 bits per heavy atom. The van der Waals surface area contributed by atoms with E-state index in [1.54, 1.807) is 0 Å². The predicted molar refractivity (Wildman–Crippen MR) is 86.2 cm³/mol. The zero-order valence-electron chi connectivity index (χ0n) is 9.94. The second-order valence-electron chi connectivity index (χ2n) is 4.43. The zero-order chi connectivity index (χ0) is 12.4. The molecular formula is C17H13I. The Morgan fingerprint density at radius 3 is 1.83 bits per heavy atom. The van der Waals surface area contributed by atoms with E-state index in [1.165, 1.54) is 25.8 Å². The van der Waals surface area contributed by atoms with Gasteiger partial charge >= 0.3 is 0 Å². The SMILES string of the molecule is Ic1ccc(C2=CC=C(c3ccccc3)C2)cc1. The minimum absolute atomic E-state index is 1.03. The average Bonchev–Trinajstić information content (AvgIpc) is 2.90. The molecule has 0 saturated carbocycles. The minimum Gasteiger partial charge on any atom is -0.0622 e. The van der Waals surface area contributed by atoms with E-state index >= 15 is 0 Å². The molecule has 18 heavy (non-hydrogen) atoms. The van der Waals surface area contributed by atoms with Crippen molar-refractivity contribution in [1.29, 1.82) is 0 Å². The van der Waals surface area contributed by atoms with Crippen LogP contribution in [0.4, 0.5) is 0 Å². The molecule has 88 valence electrons. The molecule has 0 fully saturated rings. The first-order chi connectivity index (χ1) is 8.83. The number of allylic oxidation sites excluding steroid dienone is 4. The standard InChI is InChI=1S/C17H13I/c18-17-10-8-14(9-11-17)16-7-6-15(12-16)13-4-2-1-3-5-13/h1-11H,12H2. The van der Waals surface area contributed by atoms with E-state index in [9.17, 15) is 0 Å². The monoisotopic (exact) mass is 344 g/mol. The van der Waals surface area contributed by atoms with E-state index in [0.29, 0.717) is 0 Å². The largest absolute Gasteiger partial charge is 0.0622 e. The second-order valence-corrected chi connectivity index (χ2v) is 5.68. The van der Waals surface area contributed by atoms with Crippen molar-refractivity contribution in [2.45, 2.75) is 6.42 Å². The van der Waals surface area contributed by atoms with Gasteiger partial charge in [-0.25, -0.2) is 0 Å². The highest BCUT2D eigenvalue weighted by Crippen LogP contribution is 2.33. The van der Waals surface area contributed by atoms with Crippen molar-refractivity contribution in [3.8, 4) is 0 Å². The molecule has 1 aliphatic rings. The minimum atomic E-state index is 1.03. The van der Waals surface area contributed by atoms with Crippen LogP contribution in [0.25, 0.3) is 11.1 Å². The van der Waals surface area contributed by atoms with Gasteiger partial charge in [0.05, 0.1) is 0 Å². The van der Waals surface area contributed by atoms with E-state index in [4.69, 9.17) is 0 Å². The van der Waals surface area contributed by atoms with E-state index in [0.717, 1.165) is 6.42 Å². The number of benzene rings is 2. The Morgan fingerprint density at radius 2 is 1.22 bits per heavy atom. The van der Waals surface area contributed by atoms with E-state index < -0.39 is 0 Å². The summed E-state index contributed by atoms with van der Waals surface area (Å²) in [6.45, 7) is 0. The summed E-state index contributed by atoms with van der Waals surface area (Å²) in [5.41, 5.74) is 5.47. The molecule has 0 saturated heterocycles. The summed E-state index contributed by atoms with van der Waals surface area (Å²) in [7, 11) is 0. The molecule has 1 heteroatoms. The lowest BCUT2D eigenvalue weighted by Gasteiger charge is -2.06. The van der Waals surface area contributed by atoms with E-state index in [-0.39, 0.29) is 0 Å². The van der Waals surface area contributed by atoms with Gasteiger partial charge in [0.15, 0.2) is 0 Å². The topological polar surface area (TPSA) is 0 Å². The van der Waals surface area contributed by atoms with Crippen molar-refractivity contribution in [3.05, 3.63) is 81.4 Å². The highest BCUT2D eigenvalue weighted by Gasteiger charge is 2.11. The van der Waals surface area contributed by atoms with Crippen molar-refractivity contribution >= 4 is 33.7 Å². The van der Waals surface area contributed by atoms with Crippen molar-refractivity contribution in [1.82, 2.24) is 0 Å². The molecule has 0 heterocycles. The van der Waals surface area contributed by atoms with Crippen LogP contribution in [-0.4, -0.2) is 0 Å². The summed E-state index contributed by atoms with van der Waals surface area (Å²) in [5.74, 6) is 0. The molecule has 1 aliphatic carbocycles. The van der Waals surface area contributed by atoms with E-state index in [1.807, 2.05) is 0 Å². The maximum Gasteiger partial charge on any atom is 0.0130 e. The summed E-state index contributed by atoms with van der Waals surface area (Å²) < 4.78 is 1.28. The summed E-state index contributed by atoms with van der Waals surface area (Å²) in [6, 6.07) is 19.3. The van der Waals surface area contributed by atoms with Gasteiger partial charge in [-0.15, -0.1) is 0 Å². The van der Waals surface area contributed by atoms with E-state index in [2.05, 4.69) is 89.3 Å². The van der Waals surface area contributed by atoms with Gasteiger partial charge in [0.25, 0.3) is 0 Å². The molecule has 0 unspecified atom stereocenters. The third-order valence-corrected chi connectivity index (χ3v) is 3.95. The highest BCUT2D eigenvalue weighted by atomic mass is 127. The van der Waals surface area contributed by atoms with Crippen LogP contribution in [-0.2, 0) is 0 Å². The van der Waals surface area contributed by atoms with Crippen LogP contribution < -0.4 is 0 Å². The highest BCUT2D eigenvalue weighted by molar-refractivity contribution is 14.1. The maximum atomic E-state index is 2.34. The normalized spacial score (nSPS) is 14.3. The number of hydrogen-bond donors (Lipinski definition) is 0. The molecule has 0 aliphatic heterocycles. The lowest BCUT2D eigenvalue weighted by Crippen LogP contribution is -1.85. The first kappa shape index (κ1) is 11.7. The van der Waals surface area contributed by atoms with Gasteiger partial charge in [-0.05, 0) is 63.4 Å². The van der Waals surface area contributed by atoms with Gasteiger partial charge < -0.3 is 0 Å². The molecule has 0 radical (unpaired) electrons. The van der Waals surface area contributed by atoms with Crippen molar-refractivity contribution in [3.63, 3.8) is 0 Å². The first-order valence-electron chi connectivity index (χ1n) is 6.04. The fourth-order valence-corrected chi connectivity index (χ4v) is 2.60. The average molecular weight is 344 g/mol. The Kier molecular flexibility index (Phi) is 3.33. The number of rotatable bonds is 2. The van der Waals surface area contributed by atoms with Crippen molar-refractivity contribution in [2.24, 2.45) is 0 Å². The first-order valence-corrected chi connectivity index (χ1v) is 7.12. The van der Waals surface area contributed by atoms with Crippen LogP contribution in [0.5, 0.6) is 0 Å². The fourth-order valence-electron chi connectivity index (χ4n) is 2.24. The Hall–Kier alpha value is -1.35. The summed E-state index contributed by atoms with van der Waals surface area (Å²) in [4.78, 5) is 0.